The van der Waals surface area contributed by atoms with Crippen molar-refractivity contribution in [3.63, 3.8) is 0 Å². The first-order valence-electron chi connectivity index (χ1n) is 10.3. The minimum absolute atomic E-state index is 0.107. The Morgan fingerprint density at radius 3 is 2.39 bits per heavy atom. The molecule has 3 aromatic rings. The van der Waals surface area contributed by atoms with E-state index in [9.17, 15) is 18.4 Å². The van der Waals surface area contributed by atoms with Crippen molar-refractivity contribution in [1.29, 1.82) is 0 Å². The van der Waals surface area contributed by atoms with Crippen LogP contribution in [0.2, 0.25) is 0 Å². The highest BCUT2D eigenvalue weighted by atomic mass is 19.1. The molecule has 31 heavy (non-hydrogen) atoms. The third-order valence-corrected chi connectivity index (χ3v) is 5.68. The van der Waals surface area contributed by atoms with Crippen LogP contribution in [0.15, 0.2) is 41.2 Å². The fraction of sp³-hybridized carbons (Fsp3) is 0.364. The minimum atomic E-state index is -1.03. The maximum Gasteiger partial charge on any atom is 0.377 e. The number of hydrogen-bond acceptors (Lipinski definition) is 4. The topological polar surface area (TPSA) is 73.0 Å². The molecule has 0 atom stereocenters. The van der Waals surface area contributed by atoms with Crippen molar-refractivity contribution in [3.05, 3.63) is 69.6 Å². The molecule has 1 fully saturated rings. The molecule has 0 N–H and O–H groups in total. The van der Waals surface area contributed by atoms with E-state index in [-0.39, 0.29) is 6.04 Å². The van der Waals surface area contributed by atoms with E-state index in [0.717, 1.165) is 55.4 Å². The van der Waals surface area contributed by atoms with Gasteiger partial charge in [0.15, 0.2) is 11.6 Å². The van der Waals surface area contributed by atoms with Crippen molar-refractivity contribution < 1.29 is 13.6 Å². The molecule has 0 radical (unpaired) electrons. The van der Waals surface area contributed by atoms with Crippen molar-refractivity contribution in [1.82, 2.24) is 19.8 Å². The van der Waals surface area contributed by atoms with Crippen molar-refractivity contribution in [2.24, 2.45) is 0 Å². The average Bonchev–Trinajstić information content (AvgIpc) is 3.12. The van der Waals surface area contributed by atoms with Gasteiger partial charge in [0.2, 0.25) is 0 Å². The first-order chi connectivity index (χ1) is 14.9. The number of carbonyl (C=O) groups is 1. The lowest BCUT2D eigenvalue weighted by Gasteiger charge is -2.34. The second kappa shape index (κ2) is 8.41. The Kier molecular flexibility index (Phi) is 5.67. The van der Waals surface area contributed by atoms with Gasteiger partial charge >= 0.3 is 11.7 Å². The standard InChI is InChI=1S/C22H23F2N5O2/c1-14-11-12-15(2)19(13-14)27(16-7-4-3-5-8-16)21(30)29-22(31)28(25-26-29)20-17(23)9-6-10-18(20)24/h6,9-13,16H,3-5,7-8H2,1-2H3. The van der Waals surface area contributed by atoms with Gasteiger partial charge in [-0.2, -0.15) is 4.68 Å². The molecule has 1 heterocycles. The first kappa shape index (κ1) is 20.9. The minimum Gasteiger partial charge on any atom is -0.289 e. The summed E-state index contributed by atoms with van der Waals surface area (Å²) in [5.41, 5.74) is 0.849. The number of hydrogen-bond donors (Lipinski definition) is 0. The van der Waals surface area contributed by atoms with Crippen LogP contribution in [0.5, 0.6) is 0 Å². The molecule has 0 aliphatic heterocycles. The van der Waals surface area contributed by atoms with E-state index in [0.29, 0.717) is 15.1 Å². The Morgan fingerprint density at radius 1 is 1.03 bits per heavy atom. The number of aromatic nitrogens is 4. The van der Waals surface area contributed by atoms with E-state index in [4.69, 9.17) is 0 Å². The molecule has 7 nitrogen and oxygen atoms in total. The molecule has 1 aliphatic rings. The summed E-state index contributed by atoms with van der Waals surface area (Å²) in [6.45, 7) is 3.82. The number of tetrazole rings is 1. The molecule has 2 aromatic carbocycles. The summed E-state index contributed by atoms with van der Waals surface area (Å²) in [6, 6.07) is 8.17. The summed E-state index contributed by atoms with van der Waals surface area (Å²) in [7, 11) is 0. The number of anilines is 1. The highest BCUT2D eigenvalue weighted by molar-refractivity contribution is 5.94. The van der Waals surface area contributed by atoms with Crippen LogP contribution >= 0.6 is 0 Å². The average molecular weight is 427 g/mol. The molecule has 0 bridgehead atoms. The van der Waals surface area contributed by atoms with Crippen LogP contribution in [-0.4, -0.2) is 31.9 Å². The number of amides is 1. The van der Waals surface area contributed by atoms with Crippen LogP contribution in [-0.2, 0) is 0 Å². The molecule has 1 aliphatic carbocycles. The lowest BCUT2D eigenvalue weighted by molar-refractivity contribution is 0.238. The third kappa shape index (κ3) is 3.87. The van der Waals surface area contributed by atoms with Crippen LogP contribution in [0.3, 0.4) is 0 Å². The normalized spacial score (nSPS) is 14.6. The number of para-hydroxylation sites is 1. The van der Waals surface area contributed by atoms with Crippen LogP contribution < -0.4 is 10.6 Å². The summed E-state index contributed by atoms with van der Waals surface area (Å²) in [6.07, 6.45) is 4.63. The monoisotopic (exact) mass is 427 g/mol. The van der Waals surface area contributed by atoms with E-state index in [1.807, 2.05) is 32.0 Å². The van der Waals surface area contributed by atoms with Crippen molar-refractivity contribution in [2.75, 3.05) is 4.90 Å². The Morgan fingerprint density at radius 2 is 1.71 bits per heavy atom. The molecule has 1 amide bonds. The Balaban J connectivity index is 1.80. The van der Waals surface area contributed by atoms with Gasteiger partial charge in [-0.3, -0.25) is 4.90 Å². The van der Waals surface area contributed by atoms with E-state index in [1.54, 1.807) is 4.90 Å². The summed E-state index contributed by atoms with van der Waals surface area (Å²) in [4.78, 5) is 28.0. The molecule has 4 rings (SSSR count). The van der Waals surface area contributed by atoms with Gasteiger partial charge in [0.05, 0.1) is 0 Å². The Bertz CT molecular complexity index is 1160. The van der Waals surface area contributed by atoms with Crippen molar-refractivity contribution >= 4 is 11.7 Å². The zero-order chi connectivity index (χ0) is 22.1. The summed E-state index contributed by atoms with van der Waals surface area (Å²) < 4.78 is 29.4. The molecule has 1 aromatic heterocycles. The highest BCUT2D eigenvalue weighted by Crippen LogP contribution is 2.31. The quantitative estimate of drug-likeness (QED) is 0.589. The zero-order valence-electron chi connectivity index (χ0n) is 17.4. The number of benzene rings is 2. The van der Waals surface area contributed by atoms with Gasteiger partial charge in [0, 0.05) is 11.7 Å². The third-order valence-electron chi connectivity index (χ3n) is 5.68. The predicted molar refractivity (Wildman–Crippen MR) is 112 cm³/mol. The van der Waals surface area contributed by atoms with Crippen molar-refractivity contribution in [3.8, 4) is 5.69 Å². The lowest BCUT2D eigenvalue weighted by Crippen LogP contribution is -2.47. The number of rotatable bonds is 3. The van der Waals surface area contributed by atoms with Gasteiger partial charge in [0.1, 0.15) is 5.69 Å². The predicted octanol–water partition coefficient (Wildman–Crippen LogP) is 4.13. The first-order valence-corrected chi connectivity index (χ1v) is 10.3. The van der Waals surface area contributed by atoms with E-state index in [1.165, 1.54) is 6.07 Å². The van der Waals surface area contributed by atoms with E-state index >= 15 is 0 Å². The molecule has 162 valence electrons. The van der Waals surface area contributed by atoms with Gasteiger partial charge in [0.25, 0.3) is 0 Å². The summed E-state index contributed by atoms with van der Waals surface area (Å²) in [5, 5.41) is 7.24. The van der Waals surface area contributed by atoms with Gasteiger partial charge in [-0.1, -0.05) is 37.5 Å². The summed E-state index contributed by atoms with van der Waals surface area (Å²) >= 11 is 0. The highest BCUT2D eigenvalue weighted by Gasteiger charge is 2.32. The molecule has 9 heteroatoms. The fourth-order valence-corrected chi connectivity index (χ4v) is 4.07. The number of halogens is 2. The largest absolute Gasteiger partial charge is 0.377 e. The second-order valence-corrected chi connectivity index (χ2v) is 7.89. The SMILES string of the molecule is Cc1ccc(C)c(N(C(=O)n2nnn(-c3c(F)cccc3F)c2=O)C2CCCCC2)c1. The number of carbonyl (C=O) groups excluding carboxylic acids is 1. The van der Waals surface area contributed by atoms with Gasteiger partial charge < -0.3 is 0 Å². The second-order valence-electron chi connectivity index (χ2n) is 7.89. The Hall–Kier alpha value is -3.36. The molecule has 0 spiro atoms. The molecule has 1 saturated carbocycles. The van der Waals surface area contributed by atoms with Gasteiger partial charge in [-0.05, 0) is 66.4 Å². The number of nitrogens with zero attached hydrogens (tertiary/aromatic N) is 5. The number of aryl methyl sites for hydroxylation is 2. The smallest absolute Gasteiger partial charge is 0.289 e. The van der Waals surface area contributed by atoms with E-state index in [2.05, 4.69) is 10.4 Å². The lowest BCUT2D eigenvalue weighted by atomic mass is 9.93. The molecular weight excluding hydrogens is 404 g/mol. The molecule has 0 unspecified atom stereocenters. The van der Waals surface area contributed by atoms with Gasteiger partial charge in [-0.25, -0.2) is 18.4 Å². The van der Waals surface area contributed by atoms with Crippen LogP contribution in [0.1, 0.15) is 43.2 Å². The van der Waals surface area contributed by atoms with Crippen LogP contribution in [0, 0.1) is 25.5 Å². The summed E-state index contributed by atoms with van der Waals surface area (Å²) in [5.74, 6) is -1.94. The zero-order valence-corrected chi connectivity index (χ0v) is 17.4. The fourth-order valence-electron chi connectivity index (χ4n) is 4.07. The maximum atomic E-state index is 14.2. The van der Waals surface area contributed by atoms with Gasteiger partial charge in [-0.15, -0.1) is 4.68 Å². The molecular formula is C22H23F2N5O2. The maximum absolute atomic E-state index is 14.2. The molecule has 0 saturated heterocycles. The Labute approximate surface area is 177 Å². The van der Waals surface area contributed by atoms with Crippen molar-refractivity contribution in [2.45, 2.75) is 52.0 Å². The van der Waals surface area contributed by atoms with Crippen LogP contribution in [0.4, 0.5) is 19.3 Å². The van der Waals surface area contributed by atoms with E-state index < -0.39 is 29.0 Å². The van der Waals surface area contributed by atoms with Crippen LogP contribution in [0.25, 0.3) is 5.69 Å².